The van der Waals surface area contributed by atoms with E-state index in [2.05, 4.69) is 5.32 Å². The number of benzene rings is 1. The molecule has 1 saturated carbocycles. The zero-order chi connectivity index (χ0) is 19.2. The summed E-state index contributed by atoms with van der Waals surface area (Å²) in [5.41, 5.74) is 7.97. The van der Waals surface area contributed by atoms with Crippen LogP contribution in [0, 0.1) is 5.92 Å². The molecule has 0 amide bonds. The predicted molar refractivity (Wildman–Crippen MR) is 108 cm³/mol. The molecule has 1 aliphatic carbocycles. The first-order valence-electron chi connectivity index (χ1n) is 9.77. The summed E-state index contributed by atoms with van der Waals surface area (Å²) in [5.74, 6) is 0.261. The van der Waals surface area contributed by atoms with Crippen molar-refractivity contribution in [2.75, 3.05) is 5.73 Å². The van der Waals surface area contributed by atoms with Crippen molar-refractivity contribution >= 4 is 11.7 Å². The number of hydrogen-bond donors (Lipinski definition) is 2. The summed E-state index contributed by atoms with van der Waals surface area (Å²) >= 11 is 0. The molecule has 0 saturated heterocycles. The zero-order valence-electron chi connectivity index (χ0n) is 16.7. The Kier molecular flexibility index (Phi) is 7.27. The zero-order valence-corrected chi connectivity index (χ0v) is 16.7. The van der Waals surface area contributed by atoms with Crippen LogP contribution in [0.3, 0.4) is 0 Å². The van der Waals surface area contributed by atoms with E-state index >= 15 is 0 Å². The molecule has 0 aliphatic heterocycles. The maximum absolute atomic E-state index is 12.8. The van der Waals surface area contributed by atoms with Crippen molar-refractivity contribution in [2.45, 2.75) is 78.0 Å². The van der Waals surface area contributed by atoms with Crippen molar-refractivity contribution in [3.63, 3.8) is 0 Å². The Balaban J connectivity index is 2.15. The van der Waals surface area contributed by atoms with E-state index in [1.807, 2.05) is 58.0 Å². The van der Waals surface area contributed by atoms with Crippen LogP contribution in [0.15, 0.2) is 35.9 Å². The van der Waals surface area contributed by atoms with Crippen molar-refractivity contribution < 1.29 is 9.53 Å². The summed E-state index contributed by atoms with van der Waals surface area (Å²) in [6, 6.07) is 7.91. The largest absolute Gasteiger partial charge is 0.457 e. The molecule has 1 fully saturated rings. The summed E-state index contributed by atoms with van der Waals surface area (Å²) in [5, 5.41) is 3.63. The van der Waals surface area contributed by atoms with Crippen molar-refractivity contribution in [1.82, 2.24) is 5.32 Å². The molecule has 26 heavy (non-hydrogen) atoms. The molecule has 0 aromatic heterocycles. The van der Waals surface area contributed by atoms with E-state index in [1.165, 1.54) is 24.8 Å². The topological polar surface area (TPSA) is 64.3 Å². The third-order valence-electron chi connectivity index (χ3n) is 4.91. The number of allylic oxidation sites excluding steroid dienone is 1. The molecular formula is C22H34N2O2. The summed E-state index contributed by atoms with van der Waals surface area (Å²) in [6.07, 6.45) is 7.98. The van der Waals surface area contributed by atoms with Crippen LogP contribution in [-0.4, -0.2) is 17.6 Å². The minimum atomic E-state index is -0.487. The number of hydrogen-bond acceptors (Lipinski definition) is 4. The third-order valence-corrected chi connectivity index (χ3v) is 4.91. The molecule has 0 radical (unpaired) electrons. The van der Waals surface area contributed by atoms with E-state index in [4.69, 9.17) is 10.5 Å². The van der Waals surface area contributed by atoms with Gasteiger partial charge < -0.3 is 15.8 Å². The number of esters is 1. The van der Waals surface area contributed by atoms with Crippen LogP contribution in [0.5, 0.6) is 0 Å². The maximum Gasteiger partial charge on any atom is 0.335 e. The van der Waals surface area contributed by atoms with Gasteiger partial charge in [0.2, 0.25) is 0 Å². The van der Waals surface area contributed by atoms with Gasteiger partial charge in [0, 0.05) is 18.3 Å². The fraction of sp³-hybridized carbons (Fsp3) is 0.591. The van der Waals surface area contributed by atoms with Crippen molar-refractivity contribution in [3.05, 3.63) is 41.5 Å². The van der Waals surface area contributed by atoms with Gasteiger partial charge in [-0.1, -0.05) is 37.5 Å². The van der Waals surface area contributed by atoms with E-state index in [-0.39, 0.29) is 12.0 Å². The van der Waals surface area contributed by atoms with Gasteiger partial charge in [-0.15, -0.1) is 0 Å². The number of anilines is 1. The van der Waals surface area contributed by atoms with E-state index in [9.17, 15) is 4.79 Å². The number of carbonyl (C=O) groups is 1. The highest BCUT2D eigenvalue weighted by molar-refractivity contribution is 5.90. The maximum atomic E-state index is 12.8. The number of nitrogens with two attached hydrogens (primary N) is 1. The van der Waals surface area contributed by atoms with Crippen LogP contribution in [0.4, 0.5) is 5.69 Å². The Morgan fingerprint density at radius 3 is 2.38 bits per heavy atom. The van der Waals surface area contributed by atoms with Crippen LogP contribution < -0.4 is 11.1 Å². The fourth-order valence-electron chi connectivity index (χ4n) is 3.62. The lowest BCUT2D eigenvalue weighted by molar-refractivity contribution is -0.150. The summed E-state index contributed by atoms with van der Waals surface area (Å²) in [4.78, 5) is 12.8. The number of rotatable bonds is 6. The monoisotopic (exact) mass is 358 g/mol. The highest BCUT2D eigenvalue weighted by Gasteiger charge is 2.31. The van der Waals surface area contributed by atoms with Crippen LogP contribution >= 0.6 is 0 Å². The quantitative estimate of drug-likeness (QED) is 0.443. The van der Waals surface area contributed by atoms with Gasteiger partial charge in [-0.25, -0.2) is 4.79 Å². The van der Waals surface area contributed by atoms with E-state index in [0.717, 1.165) is 24.1 Å². The molecule has 4 heteroatoms. The van der Waals surface area contributed by atoms with Crippen LogP contribution in [0.2, 0.25) is 0 Å². The minimum Gasteiger partial charge on any atom is -0.457 e. The van der Waals surface area contributed by atoms with Crippen LogP contribution in [0.25, 0.3) is 0 Å². The molecule has 3 N–H and O–H groups in total. The van der Waals surface area contributed by atoms with E-state index < -0.39 is 5.60 Å². The first-order chi connectivity index (χ1) is 12.3. The van der Waals surface area contributed by atoms with Gasteiger partial charge in [0.05, 0.1) is 5.57 Å². The highest BCUT2D eigenvalue weighted by atomic mass is 16.6. The van der Waals surface area contributed by atoms with Gasteiger partial charge >= 0.3 is 5.97 Å². The van der Waals surface area contributed by atoms with Crippen molar-refractivity contribution in [1.29, 1.82) is 0 Å². The molecule has 1 aromatic rings. The lowest BCUT2D eigenvalue weighted by atomic mass is 9.80. The average Bonchev–Trinajstić information content (AvgIpc) is 2.59. The standard InChI is InChI=1S/C22H34N2O2/c1-5-19(21(25)26-22(2,3)4)20(17-9-7-6-8-10-17)24-15-16-11-13-18(23)14-12-16/h5,11-14,17,20,24H,6-10,15,23H2,1-4H3/b19-5+/t20-/m1/s1. The third kappa shape index (κ3) is 6.17. The van der Waals surface area contributed by atoms with Gasteiger partial charge in [0.15, 0.2) is 0 Å². The first-order valence-corrected chi connectivity index (χ1v) is 9.77. The van der Waals surface area contributed by atoms with Crippen molar-refractivity contribution in [2.24, 2.45) is 5.92 Å². The van der Waals surface area contributed by atoms with Crippen molar-refractivity contribution in [3.8, 4) is 0 Å². The lowest BCUT2D eigenvalue weighted by Crippen LogP contribution is -2.42. The second-order valence-electron chi connectivity index (χ2n) is 8.24. The molecule has 0 heterocycles. The first kappa shape index (κ1) is 20.5. The molecule has 0 bridgehead atoms. The second-order valence-corrected chi connectivity index (χ2v) is 8.24. The smallest absolute Gasteiger partial charge is 0.335 e. The van der Waals surface area contributed by atoms with Crippen LogP contribution in [-0.2, 0) is 16.1 Å². The Morgan fingerprint density at radius 2 is 1.85 bits per heavy atom. The number of nitrogens with one attached hydrogen (secondary N) is 1. The lowest BCUT2D eigenvalue weighted by Gasteiger charge is -2.33. The molecule has 2 rings (SSSR count). The Hall–Kier alpha value is -1.81. The highest BCUT2D eigenvalue weighted by Crippen LogP contribution is 2.30. The molecule has 1 aromatic carbocycles. The Morgan fingerprint density at radius 1 is 1.23 bits per heavy atom. The normalized spacial score (nSPS) is 17.8. The number of carbonyl (C=O) groups excluding carboxylic acids is 1. The number of ether oxygens (including phenoxy) is 1. The fourth-order valence-corrected chi connectivity index (χ4v) is 3.62. The predicted octanol–water partition coefficient (Wildman–Crippen LogP) is 4.60. The molecule has 0 unspecified atom stereocenters. The molecular weight excluding hydrogens is 324 g/mol. The summed E-state index contributed by atoms with van der Waals surface area (Å²) < 4.78 is 5.67. The minimum absolute atomic E-state index is 0.0210. The van der Waals surface area contributed by atoms with E-state index in [0.29, 0.717) is 12.5 Å². The molecule has 1 atom stereocenters. The summed E-state index contributed by atoms with van der Waals surface area (Å²) in [6.45, 7) is 8.38. The van der Waals surface area contributed by atoms with Crippen LogP contribution in [0.1, 0.15) is 65.4 Å². The Labute approximate surface area is 158 Å². The Bertz CT molecular complexity index is 608. The van der Waals surface area contributed by atoms with Gasteiger partial charge in [0.1, 0.15) is 5.60 Å². The molecule has 4 nitrogen and oxygen atoms in total. The second kappa shape index (κ2) is 9.22. The van der Waals surface area contributed by atoms with Gasteiger partial charge in [-0.3, -0.25) is 0 Å². The van der Waals surface area contributed by atoms with Gasteiger partial charge in [-0.2, -0.15) is 0 Å². The van der Waals surface area contributed by atoms with Gasteiger partial charge in [0.25, 0.3) is 0 Å². The summed E-state index contributed by atoms with van der Waals surface area (Å²) in [7, 11) is 0. The SMILES string of the molecule is C/C=C(/C(=O)OC(C)(C)C)[C@H](NCc1ccc(N)cc1)C1CCCCC1. The van der Waals surface area contributed by atoms with Gasteiger partial charge in [-0.05, 0) is 64.2 Å². The average molecular weight is 359 g/mol. The molecule has 144 valence electrons. The number of nitrogen functional groups attached to an aromatic ring is 1. The molecule has 1 aliphatic rings. The molecule has 0 spiro atoms. The van der Waals surface area contributed by atoms with E-state index in [1.54, 1.807) is 0 Å².